The predicted octanol–water partition coefficient (Wildman–Crippen LogP) is 9.25. The summed E-state index contributed by atoms with van der Waals surface area (Å²) in [6.45, 7) is 20.7. The van der Waals surface area contributed by atoms with Crippen LogP contribution in [-0.2, 0) is 19.1 Å². The van der Waals surface area contributed by atoms with Crippen LogP contribution in [0, 0.1) is 0 Å². The molecule has 0 aromatic rings. The van der Waals surface area contributed by atoms with Crippen molar-refractivity contribution in [3.63, 3.8) is 0 Å². The van der Waals surface area contributed by atoms with E-state index in [4.69, 9.17) is 17.2 Å². The predicted molar refractivity (Wildman–Crippen MR) is 147 cm³/mol. The first kappa shape index (κ1) is 26.9. The molecule has 0 N–H and O–H groups in total. The van der Waals surface area contributed by atoms with Gasteiger partial charge in [0.05, 0.1) is 0 Å². The molecule has 0 saturated carbocycles. The van der Waals surface area contributed by atoms with Gasteiger partial charge in [0.25, 0.3) is 0 Å². The van der Waals surface area contributed by atoms with Crippen LogP contribution in [0.4, 0.5) is 0 Å². The van der Waals surface area contributed by atoms with E-state index in [1.807, 2.05) is 4.35 Å². The van der Waals surface area contributed by atoms with Gasteiger partial charge < -0.3 is 0 Å². The van der Waals surface area contributed by atoms with E-state index in [0.717, 1.165) is 6.42 Å². The van der Waals surface area contributed by atoms with Crippen LogP contribution in [0.5, 0.6) is 0 Å². The van der Waals surface area contributed by atoms with Crippen molar-refractivity contribution in [2.24, 2.45) is 0 Å². The molecule has 2 unspecified atom stereocenters. The zero-order valence-electron chi connectivity index (χ0n) is 21.3. The molecule has 3 aliphatic carbocycles. The Morgan fingerprint density at radius 3 is 2.06 bits per heavy atom. The fourth-order valence-corrected chi connectivity index (χ4v) is 30.1. The second kappa shape index (κ2) is 9.04. The van der Waals surface area contributed by atoms with Gasteiger partial charge in [0.2, 0.25) is 0 Å². The number of hydrogen-bond acceptors (Lipinski definition) is 0. The molecule has 2 atom stereocenters. The van der Waals surface area contributed by atoms with E-state index in [9.17, 15) is 0 Å². The Labute approximate surface area is 213 Å². The Morgan fingerprint density at radius 2 is 1.65 bits per heavy atom. The average molecular weight is 720 g/mol. The second-order valence-corrected chi connectivity index (χ2v) is 40.4. The minimum absolute atomic E-state index is 0.0970. The molecule has 3 aliphatic rings. The minimum atomic E-state index is -2.97. The second-order valence-electron chi connectivity index (χ2n) is 12.1. The summed E-state index contributed by atoms with van der Waals surface area (Å²) in [5.74, 6) is 5.20. The van der Waals surface area contributed by atoms with Crippen LogP contribution in [0.1, 0.15) is 39.5 Å². The summed E-state index contributed by atoms with van der Waals surface area (Å²) in [7, 11) is 11.4. The van der Waals surface area contributed by atoms with Crippen molar-refractivity contribution >= 4 is 51.6 Å². The molecule has 0 saturated heterocycles. The molecule has 0 nitrogen and oxygen atoms in total. The Hall–Kier alpha value is 1.26. The van der Waals surface area contributed by atoms with Gasteiger partial charge in [-0.15, -0.1) is 0 Å². The Kier molecular flexibility index (Phi) is 7.83. The summed E-state index contributed by atoms with van der Waals surface area (Å²) in [6, 6.07) is 0. The molecule has 0 aromatic carbocycles. The number of halogens is 2. The summed E-state index contributed by atoms with van der Waals surface area (Å²) in [4.78, 5) is 0. The molecular formula is C25H41Cl2GeHfSi2. The summed E-state index contributed by atoms with van der Waals surface area (Å²) in [5.41, 5.74) is 6.58. The zero-order valence-corrected chi connectivity index (χ0v) is 30.5. The van der Waals surface area contributed by atoms with Gasteiger partial charge in [-0.3, -0.25) is 0 Å². The first-order chi connectivity index (χ1) is 14.1. The van der Waals surface area contributed by atoms with Crippen molar-refractivity contribution in [3.05, 3.63) is 45.7 Å². The van der Waals surface area contributed by atoms with Crippen molar-refractivity contribution in [1.29, 1.82) is 0 Å². The molecule has 3 rings (SSSR count). The van der Waals surface area contributed by atoms with Gasteiger partial charge in [-0.05, 0) is 0 Å². The molecule has 6 heteroatoms. The molecule has 0 radical (unpaired) electrons. The molecule has 0 bridgehead atoms. The van der Waals surface area contributed by atoms with E-state index < -0.39 is 49.1 Å². The van der Waals surface area contributed by atoms with Crippen molar-refractivity contribution in [1.82, 2.24) is 0 Å². The van der Waals surface area contributed by atoms with Gasteiger partial charge in [-0.1, -0.05) is 0 Å². The average Bonchev–Trinajstić information content (AvgIpc) is 3.17. The molecule has 0 aromatic heterocycles. The zero-order chi connectivity index (χ0) is 23.6. The normalized spacial score (nSPS) is 29.4. The summed E-state index contributed by atoms with van der Waals surface area (Å²) in [6.07, 6.45) is 11.8. The third-order valence-corrected chi connectivity index (χ3v) is 28.9. The number of hydrogen-bond donors (Lipinski definition) is 0. The first-order valence-electron chi connectivity index (χ1n) is 11.8. The Bertz CT molecular complexity index is 940. The molecule has 0 fully saturated rings. The van der Waals surface area contributed by atoms with Gasteiger partial charge in [0, 0.05) is 0 Å². The van der Waals surface area contributed by atoms with Gasteiger partial charge in [0.15, 0.2) is 0 Å². The molecule has 0 aliphatic heterocycles. The standard InChI is InChI=1S/C25H41GeSi2.2ClH.Hf/c1-18-22(19-14-11-12-15-19)20-16-13-17-21(26(3)4)25(2,28(8,9)10)23(20)24(18)27(5,6)7;;;/h11-12,14H,13,15-17H2,1-10H3;2*1H;/q;;;+2/p-2. The maximum atomic E-state index is 7.28. The van der Waals surface area contributed by atoms with E-state index in [2.05, 4.69) is 82.9 Å². The van der Waals surface area contributed by atoms with Crippen LogP contribution in [0.2, 0.25) is 59.0 Å². The molecular weight excluding hydrogens is 678 g/mol. The Morgan fingerprint density at radius 1 is 1.03 bits per heavy atom. The van der Waals surface area contributed by atoms with Crippen LogP contribution in [-0.4, -0.2) is 34.4 Å². The fraction of sp³-hybridized carbons (Fsp3) is 0.640. The van der Waals surface area contributed by atoms with Crippen molar-refractivity contribution < 1.29 is 19.1 Å². The van der Waals surface area contributed by atoms with Crippen LogP contribution in [0.3, 0.4) is 0 Å². The third-order valence-electron chi connectivity index (χ3n) is 8.29. The molecule has 0 amide bonds. The van der Waals surface area contributed by atoms with Crippen molar-refractivity contribution in [2.45, 2.75) is 98.5 Å². The van der Waals surface area contributed by atoms with E-state index in [0.29, 0.717) is 0 Å². The monoisotopic (exact) mass is 721 g/mol. The molecule has 31 heavy (non-hydrogen) atoms. The van der Waals surface area contributed by atoms with Crippen LogP contribution in [0.25, 0.3) is 0 Å². The van der Waals surface area contributed by atoms with Crippen LogP contribution >= 0.6 is 17.2 Å². The SMILES string of the molecule is CC1=C([Si](C)(C)C)C2=C(CCC[C](=[Ge]([CH3])[CH3])C2(C)[Si](C)(C)C)[C]1(C1=CC=CC1)[Hf]([Cl])[Cl]. The quantitative estimate of drug-likeness (QED) is 0.254. The van der Waals surface area contributed by atoms with Crippen molar-refractivity contribution in [2.75, 3.05) is 0 Å². The van der Waals surface area contributed by atoms with Gasteiger partial charge in [-0.2, -0.15) is 0 Å². The summed E-state index contributed by atoms with van der Waals surface area (Å²) < 4.78 is 1.87. The van der Waals surface area contributed by atoms with Gasteiger partial charge in [-0.25, -0.2) is 0 Å². The van der Waals surface area contributed by atoms with E-state index in [1.165, 1.54) is 24.8 Å². The van der Waals surface area contributed by atoms with E-state index in [1.54, 1.807) is 21.9 Å². The van der Waals surface area contributed by atoms with Crippen LogP contribution in [0.15, 0.2) is 45.7 Å². The first-order valence-corrected chi connectivity index (χ1v) is 34.7. The third kappa shape index (κ3) is 4.05. The van der Waals surface area contributed by atoms with Gasteiger partial charge >= 0.3 is 215 Å². The van der Waals surface area contributed by atoms with E-state index in [-0.39, 0.29) is 8.21 Å². The maximum absolute atomic E-state index is 7.28. The Balaban J connectivity index is 2.55. The van der Waals surface area contributed by atoms with Crippen molar-refractivity contribution in [3.8, 4) is 0 Å². The summed E-state index contributed by atoms with van der Waals surface area (Å²) >= 11 is -4.19. The van der Waals surface area contributed by atoms with Gasteiger partial charge in [0.1, 0.15) is 0 Å². The van der Waals surface area contributed by atoms with Crippen LogP contribution < -0.4 is 0 Å². The fourth-order valence-electron chi connectivity index (χ4n) is 6.70. The number of allylic oxidation sites excluding steroid dienone is 8. The molecule has 0 heterocycles. The molecule has 0 spiro atoms. The number of rotatable bonds is 4. The molecule has 171 valence electrons. The van der Waals surface area contributed by atoms with E-state index >= 15 is 0 Å². The topological polar surface area (TPSA) is 0 Å². The summed E-state index contributed by atoms with van der Waals surface area (Å²) in [5, 5.41) is 2.00.